The van der Waals surface area contributed by atoms with Crippen LogP contribution in [-0.4, -0.2) is 29.0 Å². The third kappa shape index (κ3) is 3.16. The van der Waals surface area contributed by atoms with Crippen LogP contribution in [-0.2, 0) is 6.54 Å². The van der Waals surface area contributed by atoms with Crippen LogP contribution in [0.1, 0.15) is 18.1 Å². The lowest BCUT2D eigenvalue weighted by atomic mass is 10.1. The van der Waals surface area contributed by atoms with E-state index >= 15 is 0 Å². The predicted octanol–water partition coefficient (Wildman–Crippen LogP) is 3.15. The molecule has 1 unspecified atom stereocenters. The monoisotopic (exact) mass is 266 g/mol. The van der Waals surface area contributed by atoms with Crippen molar-refractivity contribution in [2.75, 3.05) is 18.1 Å². The highest BCUT2D eigenvalue weighted by Crippen LogP contribution is 2.23. The van der Waals surface area contributed by atoms with Gasteiger partial charge in [-0.25, -0.2) is 0 Å². The van der Waals surface area contributed by atoms with E-state index in [0.29, 0.717) is 16.6 Å². The first kappa shape index (κ1) is 12.8. The number of nitrogens with zero attached hydrogens (tertiary/aromatic N) is 2. The Morgan fingerprint density at radius 2 is 2.41 bits per heavy atom. The molecule has 0 bridgehead atoms. The molecule has 0 saturated carbocycles. The second-order valence-corrected chi connectivity index (χ2v) is 5.87. The van der Waals surface area contributed by atoms with Crippen LogP contribution in [0, 0.1) is 11.3 Å². The highest BCUT2D eigenvalue weighted by Gasteiger charge is 2.19. The molecule has 1 aromatic rings. The zero-order valence-corrected chi connectivity index (χ0v) is 11.4. The molecule has 90 valence electrons. The van der Waals surface area contributed by atoms with Gasteiger partial charge in [0.1, 0.15) is 0 Å². The van der Waals surface area contributed by atoms with Crippen molar-refractivity contribution in [1.82, 2.24) is 4.90 Å². The minimum absolute atomic E-state index is 0.598. The summed E-state index contributed by atoms with van der Waals surface area (Å²) in [5, 5.41) is 9.50. The van der Waals surface area contributed by atoms with E-state index in [1.807, 2.05) is 23.9 Å². The summed E-state index contributed by atoms with van der Waals surface area (Å²) in [6.45, 7) is 4.25. The first-order valence-corrected chi connectivity index (χ1v) is 7.24. The Bertz CT molecular complexity index is 442. The van der Waals surface area contributed by atoms with Gasteiger partial charge in [-0.2, -0.15) is 17.0 Å². The quantitative estimate of drug-likeness (QED) is 0.823. The molecule has 1 aliphatic rings. The molecule has 4 heteroatoms. The maximum absolute atomic E-state index is 8.79. The number of rotatable bonds is 2. The van der Waals surface area contributed by atoms with Gasteiger partial charge in [0, 0.05) is 35.7 Å². The smallest absolute Gasteiger partial charge is 0.0992 e. The molecule has 1 aromatic carbocycles. The van der Waals surface area contributed by atoms with E-state index in [1.165, 1.54) is 11.5 Å². The summed E-state index contributed by atoms with van der Waals surface area (Å²) in [5.74, 6) is 2.38. The number of benzene rings is 1. The molecular weight excluding hydrogens is 252 g/mol. The van der Waals surface area contributed by atoms with Crippen LogP contribution >= 0.6 is 23.4 Å². The van der Waals surface area contributed by atoms with Gasteiger partial charge >= 0.3 is 0 Å². The molecule has 0 aromatic heterocycles. The van der Waals surface area contributed by atoms with Crippen LogP contribution in [0.5, 0.6) is 0 Å². The molecule has 1 saturated heterocycles. The van der Waals surface area contributed by atoms with Gasteiger partial charge in [0.05, 0.1) is 11.6 Å². The van der Waals surface area contributed by atoms with E-state index in [-0.39, 0.29) is 0 Å². The van der Waals surface area contributed by atoms with Crippen LogP contribution < -0.4 is 0 Å². The van der Waals surface area contributed by atoms with Gasteiger partial charge in [0.2, 0.25) is 0 Å². The maximum Gasteiger partial charge on any atom is 0.0992 e. The van der Waals surface area contributed by atoms with Gasteiger partial charge in [0.25, 0.3) is 0 Å². The number of nitriles is 1. The van der Waals surface area contributed by atoms with E-state index < -0.39 is 0 Å². The standard InChI is InChI=1S/C13H15ClN2S/c1-10-9-17-5-4-16(10)8-12-3-2-11(7-15)6-13(12)14/h2-3,6,10H,4-5,8-9H2,1H3. The lowest BCUT2D eigenvalue weighted by Gasteiger charge is -2.33. The molecule has 0 aliphatic carbocycles. The van der Waals surface area contributed by atoms with Gasteiger partial charge in [-0.15, -0.1) is 0 Å². The first-order valence-electron chi connectivity index (χ1n) is 5.71. The second kappa shape index (κ2) is 5.77. The molecule has 0 spiro atoms. The maximum atomic E-state index is 8.79. The summed E-state index contributed by atoms with van der Waals surface area (Å²) < 4.78 is 0. The van der Waals surface area contributed by atoms with Crippen molar-refractivity contribution >= 4 is 23.4 Å². The molecule has 1 aliphatic heterocycles. The predicted molar refractivity (Wildman–Crippen MR) is 73.4 cm³/mol. The van der Waals surface area contributed by atoms with Crippen molar-refractivity contribution in [3.05, 3.63) is 34.3 Å². The lowest BCUT2D eigenvalue weighted by molar-refractivity contribution is 0.224. The van der Waals surface area contributed by atoms with Crippen molar-refractivity contribution in [1.29, 1.82) is 5.26 Å². The summed E-state index contributed by atoms with van der Waals surface area (Å²) in [6, 6.07) is 8.26. The Morgan fingerprint density at radius 3 is 3.06 bits per heavy atom. The Morgan fingerprint density at radius 1 is 1.59 bits per heavy atom. The second-order valence-electron chi connectivity index (χ2n) is 4.31. The molecule has 2 nitrogen and oxygen atoms in total. The Hall–Kier alpha value is -0.690. The van der Waals surface area contributed by atoms with Gasteiger partial charge in [0.15, 0.2) is 0 Å². The zero-order chi connectivity index (χ0) is 12.3. The molecule has 17 heavy (non-hydrogen) atoms. The molecule has 1 fully saturated rings. The molecule has 0 radical (unpaired) electrons. The summed E-state index contributed by atoms with van der Waals surface area (Å²) in [4.78, 5) is 2.45. The third-order valence-corrected chi connectivity index (χ3v) is 4.60. The largest absolute Gasteiger partial charge is 0.295 e. The van der Waals surface area contributed by atoms with Crippen LogP contribution in [0.4, 0.5) is 0 Å². The highest BCUT2D eigenvalue weighted by molar-refractivity contribution is 7.99. The molecule has 2 rings (SSSR count). The van der Waals surface area contributed by atoms with E-state index in [1.54, 1.807) is 6.07 Å². The van der Waals surface area contributed by atoms with Gasteiger partial charge in [-0.05, 0) is 24.6 Å². The van der Waals surface area contributed by atoms with Crippen LogP contribution in [0.2, 0.25) is 5.02 Å². The molecule has 0 amide bonds. The lowest BCUT2D eigenvalue weighted by Crippen LogP contribution is -2.39. The number of hydrogen-bond acceptors (Lipinski definition) is 3. The summed E-state index contributed by atoms with van der Waals surface area (Å²) in [5.41, 5.74) is 1.74. The molecule has 1 heterocycles. The molecule has 0 N–H and O–H groups in total. The van der Waals surface area contributed by atoms with Crippen molar-refractivity contribution in [3.8, 4) is 6.07 Å². The summed E-state index contributed by atoms with van der Waals surface area (Å²) >= 11 is 8.20. The summed E-state index contributed by atoms with van der Waals surface area (Å²) in [6.07, 6.45) is 0. The minimum Gasteiger partial charge on any atom is -0.295 e. The Kier molecular flexibility index (Phi) is 4.33. The van der Waals surface area contributed by atoms with Crippen molar-refractivity contribution in [3.63, 3.8) is 0 Å². The fourth-order valence-corrected chi connectivity index (χ4v) is 3.28. The Labute approximate surface area is 112 Å². The summed E-state index contributed by atoms with van der Waals surface area (Å²) in [7, 11) is 0. The minimum atomic E-state index is 0.598. The SMILES string of the molecule is CC1CSCCN1Cc1ccc(C#N)cc1Cl. The van der Waals surface area contributed by atoms with Crippen molar-refractivity contribution in [2.24, 2.45) is 0 Å². The topological polar surface area (TPSA) is 27.0 Å². The van der Waals surface area contributed by atoms with Crippen LogP contribution in [0.3, 0.4) is 0 Å². The Balaban J connectivity index is 2.10. The number of halogens is 1. The van der Waals surface area contributed by atoms with Crippen molar-refractivity contribution < 1.29 is 0 Å². The zero-order valence-electron chi connectivity index (χ0n) is 9.82. The average Bonchev–Trinajstić information content (AvgIpc) is 2.34. The normalized spacial score (nSPS) is 21.1. The first-order chi connectivity index (χ1) is 8.20. The van der Waals surface area contributed by atoms with Gasteiger partial charge < -0.3 is 0 Å². The third-order valence-electron chi connectivity index (χ3n) is 3.06. The highest BCUT2D eigenvalue weighted by atomic mass is 35.5. The van der Waals surface area contributed by atoms with E-state index in [2.05, 4.69) is 17.9 Å². The molecular formula is C13H15ClN2S. The van der Waals surface area contributed by atoms with E-state index in [4.69, 9.17) is 16.9 Å². The fourth-order valence-electron chi connectivity index (χ4n) is 1.96. The fraction of sp³-hybridized carbons (Fsp3) is 0.462. The van der Waals surface area contributed by atoms with E-state index in [0.717, 1.165) is 18.7 Å². The van der Waals surface area contributed by atoms with Crippen LogP contribution in [0.15, 0.2) is 18.2 Å². The number of hydrogen-bond donors (Lipinski definition) is 0. The average molecular weight is 267 g/mol. The van der Waals surface area contributed by atoms with Gasteiger partial charge in [-0.3, -0.25) is 4.90 Å². The van der Waals surface area contributed by atoms with Gasteiger partial charge in [-0.1, -0.05) is 17.7 Å². The van der Waals surface area contributed by atoms with Crippen molar-refractivity contribution in [2.45, 2.75) is 19.5 Å². The molecule has 1 atom stereocenters. The van der Waals surface area contributed by atoms with Crippen LogP contribution in [0.25, 0.3) is 0 Å². The van der Waals surface area contributed by atoms with E-state index in [9.17, 15) is 0 Å². The number of thioether (sulfide) groups is 1.